The lowest BCUT2D eigenvalue weighted by Gasteiger charge is -2.32. The number of rotatable bonds is 5. The molecule has 0 radical (unpaired) electrons. The number of sulfonamides is 1. The van der Waals surface area contributed by atoms with Crippen LogP contribution in [0.4, 0.5) is 0 Å². The maximum absolute atomic E-state index is 12.7. The van der Waals surface area contributed by atoms with Crippen LogP contribution in [0.25, 0.3) is 0 Å². The van der Waals surface area contributed by atoms with Crippen molar-refractivity contribution >= 4 is 28.4 Å². The molecule has 3 heterocycles. The van der Waals surface area contributed by atoms with E-state index in [1.54, 1.807) is 6.92 Å². The maximum atomic E-state index is 12.7. The van der Waals surface area contributed by atoms with Crippen LogP contribution in [0, 0.1) is 0 Å². The molecule has 3 rings (SSSR count). The van der Waals surface area contributed by atoms with Gasteiger partial charge in [-0.3, -0.25) is 4.90 Å². The predicted molar refractivity (Wildman–Crippen MR) is 93.5 cm³/mol. The van der Waals surface area contributed by atoms with E-state index in [4.69, 9.17) is 9.15 Å². The summed E-state index contributed by atoms with van der Waals surface area (Å²) in [5.41, 5.74) is 0. The molecule has 1 unspecified atom stereocenters. The molecule has 0 aromatic carbocycles. The van der Waals surface area contributed by atoms with E-state index in [2.05, 4.69) is 10.2 Å². The van der Waals surface area contributed by atoms with Crippen molar-refractivity contribution in [1.29, 1.82) is 0 Å². The Morgan fingerprint density at radius 1 is 1.32 bits per heavy atom. The zero-order chi connectivity index (χ0) is 17.2. The first-order valence-electron chi connectivity index (χ1n) is 8.24. The van der Waals surface area contributed by atoms with Crippen molar-refractivity contribution in [2.75, 3.05) is 45.9 Å². The number of furan rings is 1. The van der Waals surface area contributed by atoms with Gasteiger partial charge in [0.15, 0.2) is 0 Å². The summed E-state index contributed by atoms with van der Waals surface area (Å²) in [6.45, 7) is 6.55. The molecule has 25 heavy (non-hydrogen) atoms. The number of carbonyl (C=O) groups excluding carboxylic acids is 1. The van der Waals surface area contributed by atoms with E-state index in [-0.39, 0.29) is 35.9 Å². The monoisotopic (exact) mass is 393 g/mol. The number of nitrogens with zero attached hydrogens (tertiary/aromatic N) is 2. The van der Waals surface area contributed by atoms with Crippen LogP contribution in [0.5, 0.6) is 0 Å². The summed E-state index contributed by atoms with van der Waals surface area (Å²) >= 11 is 0. The second-order valence-corrected chi connectivity index (χ2v) is 7.80. The highest BCUT2D eigenvalue weighted by Gasteiger charge is 2.37. The van der Waals surface area contributed by atoms with Crippen LogP contribution < -0.4 is 5.32 Å². The molecule has 8 nitrogen and oxygen atoms in total. The quantitative estimate of drug-likeness (QED) is 0.730. The van der Waals surface area contributed by atoms with Crippen molar-refractivity contribution in [1.82, 2.24) is 14.5 Å². The van der Waals surface area contributed by atoms with Crippen molar-refractivity contribution in [3.05, 3.63) is 17.9 Å². The van der Waals surface area contributed by atoms with Crippen LogP contribution in [0.15, 0.2) is 21.6 Å². The highest BCUT2D eigenvalue weighted by molar-refractivity contribution is 7.89. The minimum atomic E-state index is -3.72. The molecule has 2 aliphatic heterocycles. The van der Waals surface area contributed by atoms with Crippen LogP contribution >= 0.6 is 12.4 Å². The summed E-state index contributed by atoms with van der Waals surface area (Å²) in [6, 6.07) is 2.90. The number of nitrogens with one attached hydrogen (secondary N) is 1. The number of hydrogen-bond acceptors (Lipinski definition) is 7. The molecule has 0 spiro atoms. The second kappa shape index (κ2) is 8.50. The average molecular weight is 394 g/mol. The summed E-state index contributed by atoms with van der Waals surface area (Å²) in [5.74, 6) is -0.743. The first-order chi connectivity index (χ1) is 11.5. The molecule has 0 saturated carbocycles. The van der Waals surface area contributed by atoms with E-state index in [0.717, 1.165) is 32.6 Å². The van der Waals surface area contributed by atoms with E-state index in [1.165, 1.54) is 16.4 Å². The molecule has 2 aliphatic rings. The van der Waals surface area contributed by atoms with Gasteiger partial charge >= 0.3 is 5.97 Å². The van der Waals surface area contributed by atoms with E-state index < -0.39 is 16.0 Å². The first kappa shape index (κ1) is 20.2. The van der Waals surface area contributed by atoms with Crippen LogP contribution in [-0.2, 0) is 14.8 Å². The summed E-state index contributed by atoms with van der Waals surface area (Å²) < 4.78 is 36.9. The SMILES string of the molecule is CCOC(=O)c1ccc(S(=O)(=O)N2CCC(N3CCNCC3)C2)o1.Cl. The Kier molecular flexibility index (Phi) is 6.86. The third-order valence-corrected chi connectivity index (χ3v) is 6.19. The van der Waals surface area contributed by atoms with Crippen LogP contribution in [0.1, 0.15) is 23.9 Å². The number of halogens is 1. The van der Waals surface area contributed by atoms with Crippen LogP contribution in [0.2, 0.25) is 0 Å². The molecule has 1 aromatic heterocycles. The summed E-state index contributed by atoms with van der Waals surface area (Å²) in [5, 5.41) is 3.09. The molecule has 0 aliphatic carbocycles. The number of esters is 1. The van der Waals surface area contributed by atoms with Gasteiger partial charge in [-0.2, -0.15) is 4.31 Å². The Balaban J connectivity index is 0.00000225. The van der Waals surface area contributed by atoms with E-state index >= 15 is 0 Å². The highest BCUT2D eigenvalue weighted by atomic mass is 35.5. The maximum Gasteiger partial charge on any atom is 0.374 e. The lowest BCUT2D eigenvalue weighted by Crippen LogP contribution is -2.49. The van der Waals surface area contributed by atoms with Gasteiger partial charge in [-0.25, -0.2) is 13.2 Å². The first-order valence-corrected chi connectivity index (χ1v) is 9.68. The van der Waals surface area contributed by atoms with Crippen molar-refractivity contribution in [2.24, 2.45) is 0 Å². The van der Waals surface area contributed by atoms with Crippen molar-refractivity contribution < 1.29 is 22.4 Å². The number of ether oxygens (including phenoxy) is 1. The molecule has 142 valence electrons. The van der Waals surface area contributed by atoms with Crippen LogP contribution in [-0.4, -0.2) is 75.5 Å². The molecular weight excluding hydrogens is 370 g/mol. The van der Waals surface area contributed by atoms with Gasteiger partial charge in [0.25, 0.3) is 10.0 Å². The molecule has 2 fully saturated rings. The van der Waals surface area contributed by atoms with Gasteiger partial charge in [0.05, 0.1) is 6.61 Å². The molecule has 10 heteroatoms. The molecular formula is C15H24ClN3O5S. The van der Waals surface area contributed by atoms with Gasteiger partial charge in [0.1, 0.15) is 0 Å². The van der Waals surface area contributed by atoms with Crippen molar-refractivity contribution in [3.8, 4) is 0 Å². The lowest BCUT2D eigenvalue weighted by atomic mass is 10.2. The summed E-state index contributed by atoms with van der Waals surface area (Å²) in [7, 11) is -3.72. The van der Waals surface area contributed by atoms with Gasteiger partial charge in [0, 0.05) is 45.3 Å². The van der Waals surface area contributed by atoms with E-state index in [9.17, 15) is 13.2 Å². The fourth-order valence-corrected chi connectivity index (χ4v) is 4.58. The Morgan fingerprint density at radius 2 is 2.04 bits per heavy atom. The van der Waals surface area contributed by atoms with Crippen molar-refractivity contribution in [3.63, 3.8) is 0 Å². The van der Waals surface area contributed by atoms with Gasteiger partial charge in [-0.05, 0) is 25.5 Å². The fraction of sp³-hybridized carbons (Fsp3) is 0.667. The summed E-state index contributed by atoms with van der Waals surface area (Å²) in [4.78, 5) is 14.0. The van der Waals surface area contributed by atoms with Crippen molar-refractivity contribution in [2.45, 2.75) is 24.5 Å². The third-order valence-electron chi connectivity index (χ3n) is 4.45. The minimum absolute atomic E-state index is 0. The zero-order valence-corrected chi connectivity index (χ0v) is 15.8. The van der Waals surface area contributed by atoms with Gasteiger partial charge in [-0.15, -0.1) is 12.4 Å². The predicted octanol–water partition coefficient (Wildman–Crippen LogP) is 0.546. The number of hydrogen-bond donors (Lipinski definition) is 1. The number of piperazine rings is 1. The summed E-state index contributed by atoms with van der Waals surface area (Å²) in [6.07, 6.45) is 0.810. The normalized spacial score (nSPS) is 22.5. The highest BCUT2D eigenvalue weighted by Crippen LogP contribution is 2.25. The zero-order valence-electron chi connectivity index (χ0n) is 14.1. The van der Waals surface area contributed by atoms with Gasteiger partial charge in [-0.1, -0.05) is 0 Å². The fourth-order valence-electron chi connectivity index (χ4n) is 3.17. The largest absolute Gasteiger partial charge is 0.460 e. The molecule has 0 amide bonds. The minimum Gasteiger partial charge on any atom is -0.460 e. The molecule has 1 atom stereocenters. The Labute approximate surface area is 153 Å². The number of carbonyl (C=O) groups is 1. The second-order valence-electron chi connectivity index (χ2n) is 5.93. The third kappa shape index (κ3) is 4.35. The average Bonchev–Trinajstić information content (AvgIpc) is 3.26. The topological polar surface area (TPSA) is 92.1 Å². The Bertz CT molecular complexity index is 687. The lowest BCUT2D eigenvalue weighted by molar-refractivity contribution is 0.0483. The Hall–Kier alpha value is -1.13. The molecule has 0 bridgehead atoms. The van der Waals surface area contributed by atoms with Gasteiger partial charge < -0.3 is 14.5 Å². The standard InChI is InChI=1S/C15H23N3O5S.ClH/c1-2-22-15(19)13-3-4-14(23-13)24(20,21)18-8-5-12(11-18)17-9-6-16-7-10-17;/h3-4,12,16H,2,5-11H2,1H3;1H. The Morgan fingerprint density at radius 3 is 2.72 bits per heavy atom. The smallest absolute Gasteiger partial charge is 0.374 e. The van der Waals surface area contributed by atoms with E-state index in [0.29, 0.717) is 13.1 Å². The molecule has 2 saturated heterocycles. The van der Waals surface area contributed by atoms with E-state index in [1.807, 2.05) is 0 Å². The van der Waals surface area contributed by atoms with Crippen LogP contribution in [0.3, 0.4) is 0 Å². The molecule has 1 N–H and O–H groups in total. The molecule has 1 aromatic rings. The van der Waals surface area contributed by atoms with Gasteiger partial charge in [0.2, 0.25) is 10.9 Å².